The van der Waals surface area contributed by atoms with Crippen molar-refractivity contribution in [3.05, 3.63) is 42.5 Å². The molecule has 0 saturated carbocycles. The van der Waals surface area contributed by atoms with Crippen LogP contribution in [0, 0.1) is 5.92 Å². The van der Waals surface area contributed by atoms with Crippen LogP contribution in [-0.4, -0.2) is 75.0 Å². The lowest BCUT2D eigenvalue weighted by atomic mass is 10.0. The molecule has 0 aromatic heterocycles. The summed E-state index contributed by atoms with van der Waals surface area (Å²) >= 11 is 0. The molecule has 3 rings (SSSR count). The third-order valence-corrected chi connectivity index (χ3v) is 8.72. The minimum absolute atomic E-state index is 0.0283. The first kappa shape index (κ1) is 28.6. The predicted molar refractivity (Wildman–Crippen MR) is 143 cm³/mol. The number of amides is 2. The molecule has 2 amide bonds. The summed E-state index contributed by atoms with van der Waals surface area (Å²) in [6.45, 7) is 3.71. The number of carbonyl (C=O) groups is 3. The number of ether oxygens (including phenoxy) is 1. The number of benzene rings is 2. The van der Waals surface area contributed by atoms with Crippen LogP contribution in [0.4, 0.5) is 0 Å². The molecule has 2 aromatic rings. The summed E-state index contributed by atoms with van der Waals surface area (Å²) in [6.07, 6.45) is 4.40. The van der Waals surface area contributed by atoms with E-state index >= 15 is 0 Å². The van der Waals surface area contributed by atoms with Crippen LogP contribution >= 0.6 is 0 Å². The fraction of sp³-hybridized carbons (Fsp3) is 0.536. The number of nitrogens with zero attached hydrogens (tertiary/aromatic N) is 2. The van der Waals surface area contributed by atoms with Gasteiger partial charge in [0.15, 0.2) is 9.84 Å². The lowest BCUT2D eigenvalue weighted by Crippen LogP contribution is -2.46. The smallest absolute Gasteiger partial charge is 0.305 e. The summed E-state index contributed by atoms with van der Waals surface area (Å²) in [6, 6.07) is 12.4. The Kier molecular flexibility index (Phi) is 10.5. The van der Waals surface area contributed by atoms with Crippen LogP contribution in [0.3, 0.4) is 0 Å². The standard InChI is InChI=1S/C28H38N2O6S/c1-3-4-7-18-30(20-26(31)29-16-8-9-17-29)28(33)24(13-15-27(32)36-2)21-37(34,35)25-14-12-22-10-5-6-11-23(22)19-25/h5-6,10-12,14,19,24H,3-4,7-9,13,15-18,20-21H2,1-2H3. The van der Waals surface area contributed by atoms with E-state index in [2.05, 4.69) is 6.92 Å². The highest BCUT2D eigenvalue weighted by Crippen LogP contribution is 2.24. The summed E-state index contributed by atoms with van der Waals surface area (Å²) in [5, 5.41) is 1.71. The van der Waals surface area contributed by atoms with Gasteiger partial charge in [0, 0.05) is 26.1 Å². The summed E-state index contributed by atoms with van der Waals surface area (Å²) in [5.41, 5.74) is 0. The Morgan fingerprint density at radius 1 is 1.03 bits per heavy atom. The molecule has 0 radical (unpaired) electrons. The minimum atomic E-state index is -3.85. The van der Waals surface area contributed by atoms with Crippen molar-refractivity contribution in [1.82, 2.24) is 9.80 Å². The average molecular weight is 531 g/mol. The Bertz CT molecular complexity index is 1190. The lowest BCUT2D eigenvalue weighted by molar-refractivity contribution is -0.144. The molecule has 2 aromatic carbocycles. The van der Waals surface area contributed by atoms with Crippen molar-refractivity contribution in [2.24, 2.45) is 5.92 Å². The first-order valence-corrected chi connectivity index (χ1v) is 14.8. The number of likely N-dealkylation sites (tertiary alicyclic amines) is 1. The average Bonchev–Trinajstić information content (AvgIpc) is 3.45. The van der Waals surface area contributed by atoms with E-state index in [0.29, 0.717) is 19.6 Å². The summed E-state index contributed by atoms with van der Waals surface area (Å²) < 4.78 is 31.7. The number of carbonyl (C=O) groups excluding carboxylic acids is 3. The van der Waals surface area contributed by atoms with Gasteiger partial charge in [0.1, 0.15) is 0 Å². The van der Waals surface area contributed by atoms with Gasteiger partial charge in [-0.1, -0.05) is 50.1 Å². The molecule has 202 valence electrons. The molecule has 0 bridgehead atoms. The summed E-state index contributed by atoms with van der Waals surface area (Å²) in [7, 11) is -2.59. The Hall–Kier alpha value is -2.94. The molecule has 1 fully saturated rings. The largest absolute Gasteiger partial charge is 0.469 e. The number of fused-ring (bicyclic) bond motifs is 1. The zero-order valence-corrected chi connectivity index (χ0v) is 22.7. The van der Waals surface area contributed by atoms with Crippen molar-refractivity contribution in [3.8, 4) is 0 Å². The maximum Gasteiger partial charge on any atom is 0.305 e. The Morgan fingerprint density at radius 2 is 1.73 bits per heavy atom. The normalized spacial score (nSPS) is 14.5. The van der Waals surface area contributed by atoms with Gasteiger partial charge in [-0.25, -0.2) is 8.42 Å². The van der Waals surface area contributed by atoms with E-state index in [1.165, 1.54) is 12.0 Å². The monoisotopic (exact) mass is 530 g/mol. The van der Waals surface area contributed by atoms with Crippen molar-refractivity contribution < 1.29 is 27.5 Å². The number of sulfone groups is 1. The van der Waals surface area contributed by atoms with Crippen LogP contribution in [-0.2, 0) is 29.0 Å². The Labute approximate surface area is 219 Å². The number of unbranched alkanes of at least 4 members (excludes halogenated alkanes) is 2. The lowest BCUT2D eigenvalue weighted by Gasteiger charge is -2.29. The Morgan fingerprint density at radius 3 is 2.41 bits per heavy atom. The summed E-state index contributed by atoms with van der Waals surface area (Å²) in [4.78, 5) is 41.9. The van der Waals surface area contributed by atoms with E-state index in [4.69, 9.17) is 4.74 Å². The van der Waals surface area contributed by atoms with Gasteiger partial charge in [0.2, 0.25) is 11.8 Å². The van der Waals surface area contributed by atoms with Crippen LogP contribution in [0.15, 0.2) is 47.4 Å². The van der Waals surface area contributed by atoms with Crippen LogP contribution in [0.1, 0.15) is 51.9 Å². The molecule has 1 aliphatic heterocycles. The molecule has 1 unspecified atom stereocenters. The first-order valence-electron chi connectivity index (χ1n) is 13.1. The molecule has 9 heteroatoms. The van der Waals surface area contributed by atoms with Crippen molar-refractivity contribution in [2.75, 3.05) is 39.0 Å². The number of rotatable bonds is 13. The highest BCUT2D eigenvalue weighted by atomic mass is 32.2. The van der Waals surface area contributed by atoms with Gasteiger partial charge >= 0.3 is 5.97 Å². The highest BCUT2D eigenvalue weighted by molar-refractivity contribution is 7.91. The molecule has 8 nitrogen and oxygen atoms in total. The van der Waals surface area contributed by atoms with Gasteiger partial charge in [-0.05, 0) is 48.6 Å². The van der Waals surface area contributed by atoms with E-state index in [1.54, 1.807) is 23.1 Å². The predicted octanol–water partition coefficient (Wildman–Crippen LogP) is 3.82. The molecule has 0 aliphatic carbocycles. The molecular formula is C28H38N2O6S. The van der Waals surface area contributed by atoms with Gasteiger partial charge in [-0.2, -0.15) is 0 Å². The number of esters is 1. The van der Waals surface area contributed by atoms with Crippen molar-refractivity contribution in [2.45, 2.75) is 56.8 Å². The van der Waals surface area contributed by atoms with Gasteiger partial charge < -0.3 is 14.5 Å². The minimum Gasteiger partial charge on any atom is -0.469 e. The van der Waals surface area contributed by atoms with Gasteiger partial charge in [-0.3, -0.25) is 14.4 Å². The first-order chi connectivity index (χ1) is 17.7. The molecule has 1 atom stereocenters. The topological polar surface area (TPSA) is 101 Å². The van der Waals surface area contributed by atoms with E-state index in [-0.39, 0.29) is 30.2 Å². The Balaban J connectivity index is 1.85. The third-order valence-electron chi connectivity index (χ3n) is 6.90. The van der Waals surface area contributed by atoms with Gasteiger partial charge in [-0.15, -0.1) is 0 Å². The molecule has 1 aliphatic rings. The highest BCUT2D eigenvalue weighted by Gasteiger charge is 2.32. The fourth-order valence-electron chi connectivity index (χ4n) is 4.70. The quantitative estimate of drug-likeness (QED) is 0.288. The third kappa shape index (κ3) is 8.02. The van der Waals surface area contributed by atoms with E-state index in [1.807, 2.05) is 24.3 Å². The summed E-state index contributed by atoms with van der Waals surface area (Å²) in [5.74, 6) is -2.44. The van der Waals surface area contributed by atoms with E-state index in [9.17, 15) is 22.8 Å². The zero-order chi connectivity index (χ0) is 26.8. The van der Waals surface area contributed by atoms with Gasteiger partial charge in [0.25, 0.3) is 0 Å². The molecule has 0 spiro atoms. The molecule has 37 heavy (non-hydrogen) atoms. The second-order valence-corrected chi connectivity index (χ2v) is 11.7. The second kappa shape index (κ2) is 13.6. The number of methoxy groups -OCH3 is 1. The zero-order valence-electron chi connectivity index (χ0n) is 21.9. The van der Waals surface area contributed by atoms with Gasteiger partial charge in [0.05, 0.1) is 30.2 Å². The molecule has 1 saturated heterocycles. The van der Waals surface area contributed by atoms with Crippen LogP contribution in [0.2, 0.25) is 0 Å². The second-order valence-electron chi connectivity index (χ2n) is 9.66. The van der Waals surface area contributed by atoms with Crippen LogP contribution in [0.5, 0.6) is 0 Å². The maximum atomic E-state index is 13.7. The van der Waals surface area contributed by atoms with Crippen molar-refractivity contribution >= 4 is 38.4 Å². The maximum absolute atomic E-state index is 13.7. The van der Waals surface area contributed by atoms with Crippen molar-refractivity contribution in [1.29, 1.82) is 0 Å². The number of hydrogen-bond donors (Lipinski definition) is 0. The molecule has 1 heterocycles. The number of hydrogen-bond acceptors (Lipinski definition) is 6. The molecule has 0 N–H and O–H groups in total. The van der Waals surface area contributed by atoms with Crippen LogP contribution < -0.4 is 0 Å². The van der Waals surface area contributed by atoms with E-state index < -0.39 is 33.4 Å². The van der Waals surface area contributed by atoms with Crippen molar-refractivity contribution in [3.63, 3.8) is 0 Å². The molecular weight excluding hydrogens is 492 g/mol. The fourth-order valence-corrected chi connectivity index (χ4v) is 6.32. The SMILES string of the molecule is CCCCCN(CC(=O)N1CCCC1)C(=O)C(CCC(=O)OC)CS(=O)(=O)c1ccc2ccccc2c1. The van der Waals surface area contributed by atoms with E-state index in [0.717, 1.165) is 42.9 Å². The van der Waals surface area contributed by atoms with Crippen LogP contribution in [0.25, 0.3) is 10.8 Å².